The second kappa shape index (κ2) is 6.40. The SMILES string of the molecule is CCOc1ccccc1/C=N/N1C(=O)NC2(CCCCC2)C1=O. The van der Waals surface area contributed by atoms with Crippen LogP contribution in [0.15, 0.2) is 29.4 Å². The van der Waals surface area contributed by atoms with Crippen LogP contribution in [0.2, 0.25) is 0 Å². The maximum absolute atomic E-state index is 12.6. The summed E-state index contributed by atoms with van der Waals surface area (Å²) in [7, 11) is 0. The molecule has 0 bridgehead atoms. The Morgan fingerprint density at radius 2 is 2.00 bits per heavy atom. The van der Waals surface area contributed by atoms with Crippen molar-refractivity contribution in [2.24, 2.45) is 5.10 Å². The van der Waals surface area contributed by atoms with Crippen LogP contribution in [0.5, 0.6) is 5.75 Å². The Labute approximate surface area is 135 Å². The summed E-state index contributed by atoms with van der Waals surface area (Å²) in [5.41, 5.74) is -0.00825. The molecule has 1 saturated heterocycles. The molecule has 1 N–H and O–H groups in total. The minimum atomic E-state index is -0.744. The maximum atomic E-state index is 12.6. The molecule has 6 heteroatoms. The Morgan fingerprint density at radius 1 is 1.26 bits per heavy atom. The Morgan fingerprint density at radius 3 is 2.74 bits per heavy atom. The number of para-hydroxylation sites is 1. The molecular formula is C17H21N3O3. The van der Waals surface area contributed by atoms with Gasteiger partial charge in [0.1, 0.15) is 11.3 Å². The lowest BCUT2D eigenvalue weighted by atomic mass is 9.82. The van der Waals surface area contributed by atoms with Crippen LogP contribution in [0, 0.1) is 0 Å². The first-order valence-electron chi connectivity index (χ1n) is 8.09. The highest BCUT2D eigenvalue weighted by atomic mass is 16.5. The molecule has 0 aromatic heterocycles. The highest BCUT2D eigenvalue weighted by molar-refractivity contribution is 6.07. The number of hydrogen-bond acceptors (Lipinski definition) is 4. The third-order valence-corrected chi connectivity index (χ3v) is 4.38. The van der Waals surface area contributed by atoms with Gasteiger partial charge in [0.2, 0.25) is 0 Å². The van der Waals surface area contributed by atoms with Crippen LogP contribution in [0.4, 0.5) is 4.79 Å². The molecule has 6 nitrogen and oxygen atoms in total. The standard InChI is InChI=1S/C17H21N3O3/c1-2-23-14-9-5-4-8-13(14)12-18-20-15(21)17(19-16(20)22)10-6-3-7-11-17/h4-5,8-9,12H,2-3,6-7,10-11H2,1H3,(H,19,22)/b18-12+. The second-order valence-electron chi connectivity index (χ2n) is 5.91. The van der Waals surface area contributed by atoms with Crippen molar-refractivity contribution in [2.45, 2.75) is 44.6 Å². The summed E-state index contributed by atoms with van der Waals surface area (Å²) < 4.78 is 5.52. The minimum absolute atomic E-state index is 0.243. The van der Waals surface area contributed by atoms with Gasteiger partial charge in [-0.05, 0) is 31.9 Å². The van der Waals surface area contributed by atoms with E-state index in [0.29, 0.717) is 25.2 Å². The highest BCUT2D eigenvalue weighted by Gasteiger charge is 2.51. The van der Waals surface area contributed by atoms with Gasteiger partial charge in [-0.3, -0.25) is 4.79 Å². The van der Waals surface area contributed by atoms with Crippen LogP contribution in [0.3, 0.4) is 0 Å². The van der Waals surface area contributed by atoms with Gasteiger partial charge in [-0.1, -0.05) is 31.4 Å². The van der Waals surface area contributed by atoms with E-state index < -0.39 is 11.6 Å². The van der Waals surface area contributed by atoms with E-state index in [2.05, 4.69) is 10.4 Å². The zero-order valence-electron chi connectivity index (χ0n) is 13.2. The molecule has 122 valence electrons. The van der Waals surface area contributed by atoms with Crippen molar-refractivity contribution < 1.29 is 14.3 Å². The number of imide groups is 1. The quantitative estimate of drug-likeness (QED) is 0.686. The molecule has 2 aliphatic rings. The summed E-state index contributed by atoms with van der Waals surface area (Å²) in [5.74, 6) is 0.436. The minimum Gasteiger partial charge on any atom is -0.493 e. The average molecular weight is 315 g/mol. The molecular weight excluding hydrogens is 294 g/mol. The third-order valence-electron chi connectivity index (χ3n) is 4.38. The summed E-state index contributed by atoms with van der Waals surface area (Å²) in [6.07, 6.45) is 5.91. The number of urea groups is 1. The average Bonchev–Trinajstić information content (AvgIpc) is 2.78. The normalized spacial score (nSPS) is 20.3. The van der Waals surface area contributed by atoms with Crippen LogP contribution in [-0.2, 0) is 4.79 Å². The van der Waals surface area contributed by atoms with Gasteiger partial charge in [0.25, 0.3) is 5.91 Å². The molecule has 1 saturated carbocycles. The summed E-state index contributed by atoms with van der Waals surface area (Å²) in [6, 6.07) is 6.95. The van der Waals surface area contributed by atoms with E-state index in [1.807, 2.05) is 31.2 Å². The Balaban J connectivity index is 1.80. The lowest BCUT2D eigenvalue weighted by Gasteiger charge is -2.29. The molecule has 2 fully saturated rings. The lowest BCUT2D eigenvalue weighted by Crippen LogP contribution is -2.48. The number of benzene rings is 1. The predicted molar refractivity (Wildman–Crippen MR) is 86.4 cm³/mol. The first-order chi connectivity index (χ1) is 11.2. The number of nitrogens with zero attached hydrogens (tertiary/aromatic N) is 2. The summed E-state index contributed by atoms with van der Waals surface area (Å²) in [4.78, 5) is 24.8. The molecule has 23 heavy (non-hydrogen) atoms. The van der Waals surface area contributed by atoms with E-state index in [-0.39, 0.29) is 5.91 Å². The second-order valence-corrected chi connectivity index (χ2v) is 5.91. The summed E-state index contributed by atoms with van der Waals surface area (Å²) in [6.45, 7) is 2.44. The zero-order valence-corrected chi connectivity index (χ0v) is 13.2. The number of rotatable bonds is 4. The van der Waals surface area contributed by atoms with Crippen molar-refractivity contribution in [3.05, 3.63) is 29.8 Å². The summed E-state index contributed by atoms with van der Waals surface area (Å²) in [5, 5.41) is 7.90. The Hall–Kier alpha value is -2.37. The van der Waals surface area contributed by atoms with E-state index in [1.54, 1.807) is 0 Å². The van der Waals surface area contributed by atoms with E-state index in [9.17, 15) is 9.59 Å². The van der Waals surface area contributed by atoms with Crippen LogP contribution >= 0.6 is 0 Å². The van der Waals surface area contributed by atoms with Gasteiger partial charge in [-0.15, -0.1) is 5.01 Å². The zero-order chi connectivity index (χ0) is 16.3. The topological polar surface area (TPSA) is 71.0 Å². The molecule has 1 aromatic carbocycles. The molecule has 3 rings (SSSR count). The van der Waals surface area contributed by atoms with Crippen LogP contribution in [-0.4, -0.2) is 35.3 Å². The molecule has 0 unspecified atom stereocenters. The highest BCUT2D eigenvalue weighted by Crippen LogP contribution is 2.33. The largest absolute Gasteiger partial charge is 0.493 e. The van der Waals surface area contributed by atoms with E-state index in [4.69, 9.17) is 4.74 Å². The third kappa shape index (κ3) is 2.93. The Kier molecular flexibility index (Phi) is 4.32. The lowest BCUT2D eigenvalue weighted by molar-refractivity contribution is -0.132. The summed E-state index contributed by atoms with van der Waals surface area (Å²) >= 11 is 0. The smallest absolute Gasteiger partial charge is 0.346 e. The van der Waals surface area contributed by atoms with Gasteiger partial charge in [-0.25, -0.2) is 4.79 Å². The molecule has 0 atom stereocenters. The fourth-order valence-electron chi connectivity index (χ4n) is 3.20. The van der Waals surface area contributed by atoms with Gasteiger partial charge >= 0.3 is 6.03 Å². The molecule has 0 radical (unpaired) electrons. The van der Waals surface area contributed by atoms with Crippen molar-refractivity contribution >= 4 is 18.2 Å². The monoisotopic (exact) mass is 315 g/mol. The number of amides is 3. The van der Waals surface area contributed by atoms with Gasteiger partial charge in [-0.2, -0.15) is 5.10 Å². The van der Waals surface area contributed by atoms with Crippen molar-refractivity contribution in [3.63, 3.8) is 0 Å². The van der Waals surface area contributed by atoms with E-state index in [0.717, 1.165) is 29.8 Å². The van der Waals surface area contributed by atoms with Gasteiger partial charge < -0.3 is 10.1 Å². The first-order valence-corrected chi connectivity index (χ1v) is 8.09. The molecule has 1 spiro atoms. The van der Waals surface area contributed by atoms with Crippen molar-refractivity contribution in [1.82, 2.24) is 10.3 Å². The number of hydrazone groups is 1. The first kappa shape index (κ1) is 15.5. The van der Waals surface area contributed by atoms with E-state index >= 15 is 0 Å². The molecule has 1 aromatic rings. The predicted octanol–water partition coefficient (Wildman–Crippen LogP) is 2.67. The fraction of sp³-hybridized carbons (Fsp3) is 0.471. The van der Waals surface area contributed by atoms with Gasteiger partial charge in [0.05, 0.1) is 12.8 Å². The molecule has 3 amide bonds. The van der Waals surface area contributed by atoms with Crippen LogP contribution in [0.1, 0.15) is 44.6 Å². The molecule has 1 aliphatic carbocycles. The van der Waals surface area contributed by atoms with Crippen LogP contribution < -0.4 is 10.1 Å². The molecule has 1 heterocycles. The fourth-order valence-corrected chi connectivity index (χ4v) is 3.20. The number of nitrogens with one attached hydrogen (secondary N) is 1. The van der Waals surface area contributed by atoms with Crippen molar-refractivity contribution in [1.29, 1.82) is 0 Å². The van der Waals surface area contributed by atoms with Crippen molar-refractivity contribution in [2.75, 3.05) is 6.61 Å². The number of carbonyl (C=O) groups excluding carboxylic acids is 2. The number of hydrogen-bond donors (Lipinski definition) is 1. The maximum Gasteiger partial charge on any atom is 0.346 e. The number of carbonyl (C=O) groups is 2. The Bertz CT molecular complexity index is 636. The number of ether oxygens (including phenoxy) is 1. The molecule has 1 aliphatic heterocycles. The van der Waals surface area contributed by atoms with E-state index in [1.165, 1.54) is 6.21 Å². The van der Waals surface area contributed by atoms with Crippen LogP contribution in [0.25, 0.3) is 0 Å². The van der Waals surface area contributed by atoms with Gasteiger partial charge in [0.15, 0.2) is 0 Å². The van der Waals surface area contributed by atoms with Gasteiger partial charge in [0, 0.05) is 5.56 Å². The van der Waals surface area contributed by atoms with Crippen molar-refractivity contribution in [3.8, 4) is 5.75 Å².